The van der Waals surface area contributed by atoms with Gasteiger partial charge in [0, 0.05) is 23.5 Å². The summed E-state index contributed by atoms with van der Waals surface area (Å²) in [5, 5.41) is 6.88. The first kappa shape index (κ1) is 24.2. The molecule has 2 amide bonds. The van der Waals surface area contributed by atoms with Crippen LogP contribution in [0.1, 0.15) is 36.6 Å². The van der Waals surface area contributed by atoms with Crippen molar-refractivity contribution in [2.45, 2.75) is 38.5 Å². The number of H-pyrrole nitrogens is 1. The van der Waals surface area contributed by atoms with E-state index < -0.39 is 11.6 Å². The zero-order chi connectivity index (χ0) is 25.8. The average Bonchev–Trinajstić information content (AvgIpc) is 3.54. The van der Waals surface area contributed by atoms with Gasteiger partial charge in [0.15, 0.2) is 11.5 Å². The fraction of sp³-hybridized carbons (Fsp3) is 0.241. The van der Waals surface area contributed by atoms with Gasteiger partial charge in [0.2, 0.25) is 12.7 Å². The van der Waals surface area contributed by atoms with Gasteiger partial charge in [0.25, 0.3) is 0 Å². The first-order valence-corrected chi connectivity index (χ1v) is 12.2. The highest BCUT2D eigenvalue weighted by atomic mass is 16.7. The van der Waals surface area contributed by atoms with Crippen LogP contribution >= 0.6 is 0 Å². The fourth-order valence-electron chi connectivity index (χ4n) is 4.46. The van der Waals surface area contributed by atoms with Crippen LogP contribution in [0.15, 0.2) is 79.0 Å². The minimum Gasteiger partial charge on any atom is -0.454 e. The van der Waals surface area contributed by atoms with E-state index in [0.717, 1.165) is 27.6 Å². The lowest BCUT2D eigenvalue weighted by molar-refractivity contribution is -0.127. The summed E-state index contributed by atoms with van der Waals surface area (Å²) >= 11 is 0. The summed E-state index contributed by atoms with van der Waals surface area (Å²) < 4.78 is 16.2. The van der Waals surface area contributed by atoms with Crippen LogP contribution in [0, 0.1) is 0 Å². The van der Waals surface area contributed by atoms with Crippen LogP contribution in [-0.2, 0) is 22.6 Å². The number of aromatic amines is 1. The third kappa shape index (κ3) is 5.38. The van der Waals surface area contributed by atoms with Gasteiger partial charge < -0.3 is 29.8 Å². The van der Waals surface area contributed by atoms with Gasteiger partial charge in [-0.25, -0.2) is 4.79 Å². The average molecular weight is 500 g/mol. The van der Waals surface area contributed by atoms with Crippen LogP contribution in [-0.4, -0.2) is 29.3 Å². The molecule has 4 aromatic rings. The van der Waals surface area contributed by atoms with Gasteiger partial charge in [-0.3, -0.25) is 4.79 Å². The summed E-state index contributed by atoms with van der Waals surface area (Å²) in [6.45, 7) is 3.82. The van der Waals surface area contributed by atoms with Crippen LogP contribution in [0.4, 0.5) is 4.79 Å². The predicted octanol–water partition coefficient (Wildman–Crippen LogP) is 5.00. The van der Waals surface area contributed by atoms with E-state index in [0.29, 0.717) is 11.5 Å². The molecule has 0 fully saturated rings. The predicted molar refractivity (Wildman–Crippen MR) is 139 cm³/mol. The number of carbonyl (C=O) groups is 2. The van der Waals surface area contributed by atoms with Crippen molar-refractivity contribution >= 4 is 22.9 Å². The van der Waals surface area contributed by atoms with Gasteiger partial charge in [0.05, 0.1) is 6.04 Å². The van der Waals surface area contributed by atoms with E-state index in [2.05, 4.69) is 15.6 Å². The number of aromatic nitrogens is 1. The number of amides is 2. The van der Waals surface area contributed by atoms with Crippen molar-refractivity contribution in [3.05, 3.63) is 95.7 Å². The van der Waals surface area contributed by atoms with Crippen LogP contribution in [0.5, 0.6) is 11.5 Å². The second kappa shape index (κ2) is 10.3. The highest BCUT2D eigenvalue weighted by molar-refractivity contribution is 5.91. The molecule has 5 rings (SSSR count). The first-order valence-electron chi connectivity index (χ1n) is 12.2. The van der Waals surface area contributed by atoms with Crippen LogP contribution in [0.25, 0.3) is 10.9 Å². The van der Waals surface area contributed by atoms with Gasteiger partial charge in [-0.05, 0) is 48.7 Å². The number of rotatable bonds is 8. The molecule has 190 valence electrons. The van der Waals surface area contributed by atoms with E-state index in [1.165, 1.54) is 0 Å². The SMILES string of the molecule is CC(NC(=O)C(C)(Cc1c[nH]c2ccccc12)NC(=O)OCc1ccc2c(c1)OCO2)c1ccccc1. The number of ether oxygens (including phenoxy) is 3. The molecule has 0 radical (unpaired) electrons. The molecule has 2 heterocycles. The Morgan fingerprint density at radius 1 is 1.03 bits per heavy atom. The third-order valence-corrected chi connectivity index (χ3v) is 6.55. The number of para-hydroxylation sites is 1. The largest absolute Gasteiger partial charge is 0.454 e. The molecule has 3 aromatic carbocycles. The van der Waals surface area contributed by atoms with Gasteiger partial charge in [-0.1, -0.05) is 54.6 Å². The maximum absolute atomic E-state index is 13.6. The molecule has 8 heteroatoms. The first-order chi connectivity index (χ1) is 17.9. The van der Waals surface area contributed by atoms with Crippen LogP contribution in [0.3, 0.4) is 0 Å². The Hall–Kier alpha value is -4.46. The lowest BCUT2D eigenvalue weighted by Gasteiger charge is -2.31. The number of hydrogen-bond acceptors (Lipinski definition) is 5. The molecule has 37 heavy (non-hydrogen) atoms. The molecule has 1 aliphatic rings. The number of alkyl carbamates (subject to hydrolysis) is 1. The Labute approximate surface area is 214 Å². The highest BCUT2D eigenvalue weighted by Crippen LogP contribution is 2.32. The number of benzene rings is 3. The number of nitrogens with one attached hydrogen (secondary N) is 3. The monoisotopic (exact) mass is 499 g/mol. The zero-order valence-electron chi connectivity index (χ0n) is 20.7. The standard InChI is InChI=1S/C29H29N3O5/c1-19(21-8-4-3-5-9-21)31-27(33)29(2,15-22-16-30-24-11-7-6-10-23(22)24)32-28(34)35-17-20-12-13-25-26(14-20)37-18-36-25/h3-14,16,19,30H,15,17-18H2,1-2H3,(H,31,33)(H,32,34). The van der Waals surface area contributed by atoms with Crippen molar-refractivity contribution in [3.8, 4) is 11.5 Å². The summed E-state index contributed by atoms with van der Waals surface area (Å²) in [5.74, 6) is 0.956. The molecule has 8 nitrogen and oxygen atoms in total. The number of fused-ring (bicyclic) bond motifs is 2. The molecule has 0 spiro atoms. The minimum absolute atomic E-state index is 0.0215. The van der Waals surface area contributed by atoms with Crippen LogP contribution in [0.2, 0.25) is 0 Å². The molecule has 1 aromatic heterocycles. The Bertz CT molecular complexity index is 1420. The minimum atomic E-state index is -1.28. The summed E-state index contributed by atoms with van der Waals surface area (Å²) in [5.41, 5.74) is 2.32. The molecule has 0 saturated heterocycles. The zero-order valence-corrected chi connectivity index (χ0v) is 20.7. The molecule has 2 atom stereocenters. The molecular weight excluding hydrogens is 470 g/mol. The van der Waals surface area contributed by atoms with E-state index in [1.807, 2.05) is 67.7 Å². The Kier molecular flexibility index (Phi) is 6.72. The van der Waals surface area contributed by atoms with Crippen molar-refractivity contribution in [3.63, 3.8) is 0 Å². The molecule has 0 bridgehead atoms. The highest BCUT2D eigenvalue weighted by Gasteiger charge is 2.37. The third-order valence-electron chi connectivity index (χ3n) is 6.55. The topological polar surface area (TPSA) is 102 Å². The Morgan fingerprint density at radius 2 is 1.78 bits per heavy atom. The summed E-state index contributed by atoms with van der Waals surface area (Å²) in [4.78, 5) is 29.8. The maximum Gasteiger partial charge on any atom is 0.408 e. The Balaban J connectivity index is 1.33. The normalized spacial score (nSPS) is 14.5. The summed E-state index contributed by atoms with van der Waals surface area (Å²) in [6.07, 6.45) is 1.45. The van der Waals surface area contributed by atoms with E-state index in [1.54, 1.807) is 25.1 Å². The second-order valence-corrected chi connectivity index (χ2v) is 9.36. The van der Waals surface area contributed by atoms with E-state index >= 15 is 0 Å². The Morgan fingerprint density at radius 3 is 2.62 bits per heavy atom. The van der Waals surface area contributed by atoms with Gasteiger partial charge in [0.1, 0.15) is 12.1 Å². The lowest BCUT2D eigenvalue weighted by Crippen LogP contribution is -2.58. The van der Waals surface area contributed by atoms with E-state index in [9.17, 15) is 9.59 Å². The van der Waals surface area contributed by atoms with Crippen LogP contribution < -0.4 is 20.1 Å². The molecule has 2 unspecified atom stereocenters. The number of hydrogen-bond donors (Lipinski definition) is 3. The molecule has 0 aliphatic carbocycles. The van der Waals surface area contributed by atoms with E-state index in [-0.39, 0.29) is 31.8 Å². The number of carbonyl (C=O) groups excluding carboxylic acids is 2. The van der Waals surface area contributed by atoms with Gasteiger partial charge in [-0.15, -0.1) is 0 Å². The van der Waals surface area contributed by atoms with Crippen molar-refractivity contribution in [2.24, 2.45) is 0 Å². The summed E-state index contributed by atoms with van der Waals surface area (Å²) in [7, 11) is 0. The maximum atomic E-state index is 13.6. The van der Waals surface area contributed by atoms with Crippen molar-refractivity contribution in [2.75, 3.05) is 6.79 Å². The fourth-order valence-corrected chi connectivity index (χ4v) is 4.46. The van der Waals surface area contributed by atoms with Gasteiger partial charge >= 0.3 is 6.09 Å². The molecule has 3 N–H and O–H groups in total. The lowest BCUT2D eigenvalue weighted by atomic mass is 9.91. The quantitative estimate of drug-likeness (QED) is 0.317. The van der Waals surface area contributed by atoms with Gasteiger partial charge in [-0.2, -0.15) is 0 Å². The summed E-state index contributed by atoms with van der Waals surface area (Å²) in [6, 6.07) is 22.6. The molecular formula is C29H29N3O5. The second-order valence-electron chi connectivity index (χ2n) is 9.36. The smallest absolute Gasteiger partial charge is 0.408 e. The van der Waals surface area contributed by atoms with Crippen molar-refractivity contribution in [1.29, 1.82) is 0 Å². The van der Waals surface area contributed by atoms with E-state index in [4.69, 9.17) is 14.2 Å². The molecule has 1 aliphatic heterocycles. The van der Waals surface area contributed by atoms with Crippen molar-refractivity contribution < 1.29 is 23.8 Å². The molecule has 0 saturated carbocycles. The van der Waals surface area contributed by atoms with Crippen molar-refractivity contribution in [1.82, 2.24) is 15.6 Å².